The number of nitrogens with zero attached hydrogens (tertiary/aromatic N) is 2. The molecule has 8 heteroatoms. The third-order valence-corrected chi connectivity index (χ3v) is 3.46. The number of nitro benzene ring substituents is 1. The van der Waals surface area contributed by atoms with Gasteiger partial charge in [0.2, 0.25) is 5.91 Å². The number of hydrogen-bond donors (Lipinski definition) is 1. The first-order chi connectivity index (χ1) is 11.0. The molecule has 0 saturated heterocycles. The Bertz CT molecular complexity index is 761. The molecular weight excluding hydrogens is 341 g/mol. The molecule has 118 valence electrons. The summed E-state index contributed by atoms with van der Waals surface area (Å²) >= 11 is 11.7. The molecule has 0 spiro atoms. The number of carbonyl (C=O) groups excluding carboxylic acids is 1. The summed E-state index contributed by atoms with van der Waals surface area (Å²) in [5.74, 6) is -0.329. The Morgan fingerprint density at radius 1 is 1.22 bits per heavy atom. The van der Waals surface area contributed by atoms with E-state index in [9.17, 15) is 14.9 Å². The first kappa shape index (κ1) is 16.9. The molecule has 0 heterocycles. The van der Waals surface area contributed by atoms with Crippen molar-refractivity contribution in [1.82, 2.24) is 5.43 Å². The molecule has 23 heavy (non-hydrogen) atoms. The molecule has 0 saturated carbocycles. The second-order valence-corrected chi connectivity index (χ2v) is 5.40. The van der Waals surface area contributed by atoms with E-state index in [1.165, 1.54) is 24.4 Å². The molecule has 0 aliphatic heterocycles. The molecular formula is C15H11Cl2N3O3. The van der Waals surface area contributed by atoms with Gasteiger partial charge in [-0.3, -0.25) is 14.9 Å². The van der Waals surface area contributed by atoms with Crippen molar-refractivity contribution in [3.05, 3.63) is 73.8 Å². The SMILES string of the molecule is O=C(Cc1ccc(Cl)cc1)N/N=C/c1cc([N+](=O)[O-])ccc1Cl. The second kappa shape index (κ2) is 7.71. The minimum atomic E-state index is -0.535. The Balaban J connectivity index is 1.98. The largest absolute Gasteiger partial charge is 0.273 e. The van der Waals surface area contributed by atoms with Gasteiger partial charge in [-0.2, -0.15) is 5.10 Å². The summed E-state index contributed by atoms with van der Waals surface area (Å²) in [5, 5.41) is 15.4. The van der Waals surface area contributed by atoms with E-state index in [2.05, 4.69) is 10.5 Å². The van der Waals surface area contributed by atoms with E-state index in [0.29, 0.717) is 15.6 Å². The maximum atomic E-state index is 11.7. The van der Waals surface area contributed by atoms with Gasteiger partial charge in [0.05, 0.1) is 17.6 Å². The summed E-state index contributed by atoms with van der Waals surface area (Å²) in [5.41, 5.74) is 3.36. The van der Waals surface area contributed by atoms with E-state index in [-0.39, 0.29) is 18.0 Å². The van der Waals surface area contributed by atoms with Crippen LogP contribution in [0.2, 0.25) is 10.0 Å². The minimum Gasteiger partial charge on any atom is -0.273 e. The van der Waals surface area contributed by atoms with Gasteiger partial charge in [-0.15, -0.1) is 0 Å². The normalized spacial score (nSPS) is 10.7. The smallest absolute Gasteiger partial charge is 0.270 e. The lowest BCUT2D eigenvalue weighted by atomic mass is 10.1. The highest BCUT2D eigenvalue weighted by molar-refractivity contribution is 6.33. The highest BCUT2D eigenvalue weighted by atomic mass is 35.5. The Kier molecular flexibility index (Phi) is 5.67. The summed E-state index contributed by atoms with van der Waals surface area (Å²) in [4.78, 5) is 21.9. The van der Waals surface area contributed by atoms with Crippen molar-refractivity contribution in [2.75, 3.05) is 0 Å². The van der Waals surface area contributed by atoms with Crippen LogP contribution in [0.25, 0.3) is 0 Å². The number of amides is 1. The molecule has 0 unspecified atom stereocenters. The van der Waals surface area contributed by atoms with Crippen LogP contribution in [0.15, 0.2) is 47.6 Å². The van der Waals surface area contributed by atoms with Crippen LogP contribution in [0.1, 0.15) is 11.1 Å². The van der Waals surface area contributed by atoms with E-state index in [0.717, 1.165) is 5.56 Å². The van der Waals surface area contributed by atoms with Crippen molar-refractivity contribution >= 4 is 41.0 Å². The number of halogens is 2. The van der Waals surface area contributed by atoms with Crippen molar-refractivity contribution < 1.29 is 9.72 Å². The number of nitrogens with one attached hydrogen (secondary N) is 1. The molecule has 2 aromatic carbocycles. The standard InChI is InChI=1S/C15H11Cl2N3O3/c16-12-3-1-10(2-4-12)7-15(21)19-18-9-11-8-13(20(22)23)5-6-14(11)17/h1-6,8-9H,7H2,(H,19,21)/b18-9+. The average molecular weight is 352 g/mol. The fourth-order valence-corrected chi connectivity index (χ4v) is 2.04. The fourth-order valence-electron chi connectivity index (χ4n) is 1.74. The lowest BCUT2D eigenvalue weighted by Gasteiger charge is -2.01. The summed E-state index contributed by atoms with van der Waals surface area (Å²) in [6.07, 6.45) is 1.40. The van der Waals surface area contributed by atoms with Crippen LogP contribution in [0.3, 0.4) is 0 Å². The van der Waals surface area contributed by atoms with Gasteiger partial charge in [0.15, 0.2) is 0 Å². The van der Waals surface area contributed by atoms with Crippen molar-refractivity contribution in [2.45, 2.75) is 6.42 Å². The highest BCUT2D eigenvalue weighted by Crippen LogP contribution is 2.20. The van der Waals surface area contributed by atoms with Crippen LogP contribution < -0.4 is 5.43 Å². The van der Waals surface area contributed by atoms with E-state index in [1.54, 1.807) is 24.3 Å². The third kappa shape index (κ3) is 5.05. The Morgan fingerprint density at radius 2 is 1.91 bits per heavy atom. The topological polar surface area (TPSA) is 84.6 Å². The van der Waals surface area contributed by atoms with Gasteiger partial charge >= 0.3 is 0 Å². The number of non-ortho nitro benzene ring substituents is 1. The first-order valence-electron chi connectivity index (χ1n) is 6.46. The molecule has 1 N–H and O–H groups in total. The molecule has 6 nitrogen and oxygen atoms in total. The summed E-state index contributed by atoms with van der Waals surface area (Å²) in [7, 11) is 0. The van der Waals surface area contributed by atoms with E-state index in [4.69, 9.17) is 23.2 Å². The molecule has 2 rings (SSSR count). The lowest BCUT2D eigenvalue weighted by molar-refractivity contribution is -0.384. The van der Waals surface area contributed by atoms with Crippen LogP contribution in [0.4, 0.5) is 5.69 Å². The number of nitro groups is 1. The van der Waals surface area contributed by atoms with Crippen LogP contribution in [0, 0.1) is 10.1 Å². The lowest BCUT2D eigenvalue weighted by Crippen LogP contribution is -2.19. The van der Waals surface area contributed by atoms with Crippen molar-refractivity contribution in [2.24, 2.45) is 5.10 Å². The predicted octanol–water partition coefficient (Wildman–Crippen LogP) is 3.59. The van der Waals surface area contributed by atoms with Crippen LogP contribution in [-0.4, -0.2) is 17.0 Å². The predicted molar refractivity (Wildman–Crippen MR) is 89.0 cm³/mol. The van der Waals surface area contributed by atoms with Crippen molar-refractivity contribution in [3.8, 4) is 0 Å². The molecule has 1 amide bonds. The quantitative estimate of drug-likeness (QED) is 0.507. The van der Waals surface area contributed by atoms with Crippen LogP contribution in [-0.2, 0) is 11.2 Å². The van der Waals surface area contributed by atoms with Gasteiger partial charge in [-0.25, -0.2) is 5.43 Å². The van der Waals surface area contributed by atoms with E-state index >= 15 is 0 Å². The number of hydrazone groups is 1. The molecule has 0 aliphatic carbocycles. The number of benzene rings is 2. The Labute approximate surface area is 141 Å². The second-order valence-electron chi connectivity index (χ2n) is 4.56. The molecule has 0 fully saturated rings. The van der Waals surface area contributed by atoms with Gasteiger partial charge in [0.25, 0.3) is 5.69 Å². The number of rotatable bonds is 5. The average Bonchev–Trinajstić information content (AvgIpc) is 2.51. The molecule has 0 aromatic heterocycles. The van der Waals surface area contributed by atoms with Gasteiger partial charge in [-0.1, -0.05) is 35.3 Å². The number of hydrogen-bond acceptors (Lipinski definition) is 4. The zero-order chi connectivity index (χ0) is 16.8. The van der Waals surface area contributed by atoms with Crippen LogP contribution >= 0.6 is 23.2 Å². The maximum absolute atomic E-state index is 11.7. The summed E-state index contributed by atoms with van der Waals surface area (Å²) < 4.78 is 0. The zero-order valence-electron chi connectivity index (χ0n) is 11.7. The highest BCUT2D eigenvalue weighted by Gasteiger charge is 2.08. The van der Waals surface area contributed by atoms with Gasteiger partial charge < -0.3 is 0 Å². The fraction of sp³-hybridized carbons (Fsp3) is 0.0667. The monoisotopic (exact) mass is 351 g/mol. The summed E-state index contributed by atoms with van der Waals surface area (Å²) in [6, 6.07) is 10.8. The van der Waals surface area contributed by atoms with Gasteiger partial charge in [0, 0.05) is 27.7 Å². The van der Waals surface area contributed by atoms with Crippen LogP contribution in [0.5, 0.6) is 0 Å². The van der Waals surface area contributed by atoms with Crippen molar-refractivity contribution in [3.63, 3.8) is 0 Å². The third-order valence-electron chi connectivity index (χ3n) is 2.86. The van der Waals surface area contributed by atoms with Crippen molar-refractivity contribution in [1.29, 1.82) is 0 Å². The first-order valence-corrected chi connectivity index (χ1v) is 7.21. The van der Waals surface area contributed by atoms with Gasteiger partial charge in [-0.05, 0) is 23.8 Å². The summed E-state index contributed by atoms with van der Waals surface area (Å²) in [6.45, 7) is 0. The molecule has 0 aliphatic rings. The maximum Gasteiger partial charge on any atom is 0.270 e. The molecule has 2 aromatic rings. The van der Waals surface area contributed by atoms with E-state index in [1.807, 2.05) is 0 Å². The van der Waals surface area contributed by atoms with E-state index < -0.39 is 4.92 Å². The minimum absolute atomic E-state index is 0.108. The molecule has 0 radical (unpaired) electrons. The molecule has 0 atom stereocenters. The number of carbonyl (C=O) groups is 1. The molecule has 0 bridgehead atoms. The van der Waals surface area contributed by atoms with Gasteiger partial charge in [0.1, 0.15) is 0 Å². The zero-order valence-corrected chi connectivity index (χ0v) is 13.2. The Morgan fingerprint density at radius 3 is 2.57 bits per heavy atom. The Hall–Kier alpha value is -2.44.